The monoisotopic (exact) mass is 415 g/mol. The molecule has 30 heavy (non-hydrogen) atoms. The van der Waals surface area contributed by atoms with E-state index in [9.17, 15) is 14.4 Å². The van der Waals surface area contributed by atoms with Gasteiger partial charge in [0.05, 0.1) is 0 Å². The summed E-state index contributed by atoms with van der Waals surface area (Å²) in [5, 5.41) is 3.18. The molecule has 0 radical (unpaired) electrons. The highest BCUT2D eigenvalue weighted by atomic mass is 16.5. The molecular weight excluding hydrogens is 386 g/mol. The number of H-pyrrole nitrogens is 1. The van der Waals surface area contributed by atoms with Gasteiger partial charge >= 0.3 is 0 Å². The topological polar surface area (TPSA) is 100 Å². The molecule has 0 aliphatic carbocycles. The van der Waals surface area contributed by atoms with Crippen LogP contribution in [0.15, 0.2) is 10.9 Å². The summed E-state index contributed by atoms with van der Waals surface area (Å²) in [6.07, 6.45) is 3.67. The number of ether oxygens (including phenoxy) is 1. The third kappa shape index (κ3) is 3.98. The SMILES string of the molecule is COCC(=O)N1CCC(c2cc3nc(C)c(CCC(=O)N4CCCC4)c(=O)n3[nH]2)C1. The van der Waals surface area contributed by atoms with Gasteiger partial charge < -0.3 is 14.5 Å². The average Bonchev–Trinajstić information content (AvgIpc) is 3.47. The number of nitrogens with zero attached hydrogens (tertiary/aromatic N) is 4. The van der Waals surface area contributed by atoms with Crippen LogP contribution in [0.25, 0.3) is 5.65 Å². The molecule has 2 aliphatic heterocycles. The molecule has 2 aromatic heterocycles. The molecule has 1 unspecified atom stereocenters. The summed E-state index contributed by atoms with van der Waals surface area (Å²) in [6, 6.07) is 1.89. The van der Waals surface area contributed by atoms with Gasteiger partial charge in [-0.05, 0) is 32.6 Å². The molecule has 4 rings (SSSR count). The fourth-order valence-electron chi connectivity index (χ4n) is 4.50. The number of aromatic amines is 1. The van der Waals surface area contributed by atoms with E-state index in [0.717, 1.165) is 38.0 Å². The summed E-state index contributed by atoms with van der Waals surface area (Å²) < 4.78 is 6.41. The predicted octanol–water partition coefficient (Wildman–Crippen LogP) is 0.848. The Morgan fingerprint density at radius 1 is 1.20 bits per heavy atom. The number of rotatable bonds is 6. The lowest BCUT2D eigenvalue weighted by molar-refractivity contribution is -0.134. The van der Waals surface area contributed by atoms with Crippen LogP contribution >= 0.6 is 0 Å². The molecule has 2 amide bonds. The number of fused-ring (bicyclic) bond motifs is 1. The summed E-state index contributed by atoms with van der Waals surface area (Å²) in [4.78, 5) is 45.7. The number of aryl methyl sites for hydroxylation is 1. The highest BCUT2D eigenvalue weighted by molar-refractivity contribution is 5.78. The molecule has 2 fully saturated rings. The van der Waals surface area contributed by atoms with E-state index < -0.39 is 0 Å². The number of hydrogen-bond acceptors (Lipinski definition) is 5. The lowest BCUT2D eigenvalue weighted by Crippen LogP contribution is -2.31. The van der Waals surface area contributed by atoms with Crippen molar-refractivity contribution in [2.45, 2.75) is 44.9 Å². The Kier molecular flexibility index (Phi) is 5.90. The van der Waals surface area contributed by atoms with Gasteiger partial charge in [-0.25, -0.2) is 9.50 Å². The highest BCUT2D eigenvalue weighted by Crippen LogP contribution is 2.26. The van der Waals surface area contributed by atoms with Gasteiger partial charge in [0.15, 0.2) is 5.65 Å². The number of carbonyl (C=O) groups excluding carboxylic acids is 2. The molecule has 0 aromatic carbocycles. The van der Waals surface area contributed by atoms with Crippen LogP contribution in [0.4, 0.5) is 0 Å². The summed E-state index contributed by atoms with van der Waals surface area (Å²) in [5.41, 5.74) is 2.57. The van der Waals surface area contributed by atoms with E-state index in [1.165, 1.54) is 11.6 Å². The zero-order valence-electron chi connectivity index (χ0n) is 17.6. The second-order valence-corrected chi connectivity index (χ2v) is 8.23. The lowest BCUT2D eigenvalue weighted by atomic mass is 10.1. The molecular formula is C21H29N5O4. The van der Waals surface area contributed by atoms with Gasteiger partial charge in [0, 0.05) is 68.6 Å². The number of nitrogens with one attached hydrogen (secondary N) is 1. The van der Waals surface area contributed by atoms with Crippen molar-refractivity contribution in [3.63, 3.8) is 0 Å². The second-order valence-electron chi connectivity index (χ2n) is 8.23. The molecule has 1 N–H and O–H groups in total. The van der Waals surface area contributed by atoms with Gasteiger partial charge in [-0.15, -0.1) is 0 Å². The number of hydrogen-bond donors (Lipinski definition) is 1. The molecule has 9 heteroatoms. The quantitative estimate of drug-likeness (QED) is 0.754. The van der Waals surface area contributed by atoms with Gasteiger partial charge in [0.1, 0.15) is 6.61 Å². The minimum absolute atomic E-state index is 0.0211. The fraction of sp³-hybridized carbons (Fsp3) is 0.619. The first-order valence-electron chi connectivity index (χ1n) is 10.6. The normalized spacial score (nSPS) is 19.2. The maximum Gasteiger partial charge on any atom is 0.276 e. The van der Waals surface area contributed by atoms with Crippen LogP contribution in [0.2, 0.25) is 0 Å². The predicted molar refractivity (Wildman–Crippen MR) is 110 cm³/mol. The summed E-state index contributed by atoms with van der Waals surface area (Å²) >= 11 is 0. The third-order valence-corrected chi connectivity index (χ3v) is 6.23. The van der Waals surface area contributed by atoms with Gasteiger partial charge in [0.2, 0.25) is 11.8 Å². The van der Waals surface area contributed by atoms with Crippen LogP contribution in [-0.2, 0) is 20.7 Å². The van der Waals surface area contributed by atoms with Crippen molar-refractivity contribution in [3.8, 4) is 0 Å². The fourth-order valence-corrected chi connectivity index (χ4v) is 4.50. The van der Waals surface area contributed by atoms with Crippen molar-refractivity contribution in [1.82, 2.24) is 24.4 Å². The maximum atomic E-state index is 13.1. The van der Waals surface area contributed by atoms with Crippen molar-refractivity contribution in [2.24, 2.45) is 0 Å². The molecule has 2 aromatic rings. The summed E-state index contributed by atoms with van der Waals surface area (Å²) in [7, 11) is 1.51. The van der Waals surface area contributed by atoms with Crippen molar-refractivity contribution >= 4 is 17.5 Å². The Balaban J connectivity index is 1.51. The Bertz CT molecular complexity index is 1000. The number of amides is 2. The first-order valence-corrected chi connectivity index (χ1v) is 10.6. The molecule has 0 spiro atoms. The zero-order valence-corrected chi connectivity index (χ0v) is 17.6. The molecule has 9 nitrogen and oxygen atoms in total. The van der Waals surface area contributed by atoms with Crippen molar-refractivity contribution in [1.29, 1.82) is 0 Å². The van der Waals surface area contributed by atoms with E-state index in [4.69, 9.17) is 4.74 Å². The van der Waals surface area contributed by atoms with Crippen molar-refractivity contribution < 1.29 is 14.3 Å². The number of aromatic nitrogens is 3. The van der Waals surface area contributed by atoms with Crippen LogP contribution in [0.5, 0.6) is 0 Å². The van der Waals surface area contributed by atoms with E-state index in [1.54, 1.807) is 4.90 Å². The molecule has 0 bridgehead atoms. The van der Waals surface area contributed by atoms with E-state index >= 15 is 0 Å². The first-order chi connectivity index (χ1) is 14.5. The van der Waals surface area contributed by atoms with Gasteiger partial charge in [-0.1, -0.05) is 0 Å². The Labute approximate surface area is 175 Å². The number of methoxy groups -OCH3 is 1. The lowest BCUT2D eigenvalue weighted by Gasteiger charge is -2.15. The molecule has 4 heterocycles. The minimum Gasteiger partial charge on any atom is -0.375 e. The minimum atomic E-state index is -0.150. The summed E-state index contributed by atoms with van der Waals surface area (Å²) in [6.45, 7) is 4.82. The summed E-state index contributed by atoms with van der Waals surface area (Å²) in [5.74, 6) is 0.218. The second kappa shape index (κ2) is 8.59. The molecule has 162 valence electrons. The third-order valence-electron chi connectivity index (χ3n) is 6.23. The van der Waals surface area contributed by atoms with E-state index in [1.807, 2.05) is 17.9 Å². The molecule has 1 atom stereocenters. The van der Waals surface area contributed by atoms with Gasteiger partial charge in [-0.3, -0.25) is 19.5 Å². The van der Waals surface area contributed by atoms with E-state index in [2.05, 4.69) is 10.1 Å². The molecule has 2 aliphatic rings. The van der Waals surface area contributed by atoms with E-state index in [-0.39, 0.29) is 29.9 Å². The Hall–Kier alpha value is -2.68. The Morgan fingerprint density at radius 3 is 2.70 bits per heavy atom. The van der Waals surface area contributed by atoms with E-state index in [0.29, 0.717) is 42.8 Å². The molecule has 0 saturated carbocycles. The van der Waals surface area contributed by atoms with Crippen LogP contribution in [0.3, 0.4) is 0 Å². The first kappa shape index (κ1) is 20.6. The zero-order chi connectivity index (χ0) is 21.3. The maximum absolute atomic E-state index is 13.1. The molecule has 2 saturated heterocycles. The van der Waals surface area contributed by atoms with Gasteiger partial charge in [-0.2, -0.15) is 0 Å². The number of likely N-dealkylation sites (tertiary alicyclic amines) is 2. The van der Waals surface area contributed by atoms with Crippen LogP contribution < -0.4 is 5.56 Å². The number of carbonyl (C=O) groups is 2. The van der Waals surface area contributed by atoms with Crippen molar-refractivity contribution in [2.75, 3.05) is 39.9 Å². The van der Waals surface area contributed by atoms with Gasteiger partial charge in [0.25, 0.3) is 5.56 Å². The standard InChI is InChI=1S/C21H29N5O4/c1-14-16(5-6-19(27)24-8-3-4-9-24)21(29)26-18(22-14)11-17(23-26)15-7-10-25(12-15)20(28)13-30-2/h11,15,23H,3-10,12-13H2,1-2H3. The average molecular weight is 415 g/mol. The Morgan fingerprint density at radius 2 is 1.97 bits per heavy atom. The highest BCUT2D eigenvalue weighted by Gasteiger charge is 2.29. The largest absolute Gasteiger partial charge is 0.375 e. The van der Waals surface area contributed by atoms with Crippen LogP contribution in [0.1, 0.15) is 48.6 Å². The van der Waals surface area contributed by atoms with Crippen LogP contribution in [-0.4, -0.2) is 76.1 Å². The smallest absolute Gasteiger partial charge is 0.276 e. The van der Waals surface area contributed by atoms with Crippen molar-refractivity contribution in [3.05, 3.63) is 33.4 Å². The van der Waals surface area contributed by atoms with Crippen LogP contribution in [0, 0.1) is 6.92 Å².